The second kappa shape index (κ2) is 6.56. The lowest BCUT2D eigenvalue weighted by atomic mass is 10.2. The van der Waals surface area contributed by atoms with E-state index < -0.39 is 6.04 Å². The molecule has 0 spiro atoms. The fourth-order valence-electron chi connectivity index (χ4n) is 2.22. The number of halogens is 1. The van der Waals surface area contributed by atoms with Crippen molar-refractivity contribution in [1.82, 2.24) is 10.6 Å². The van der Waals surface area contributed by atoms with Gasteiger partial charge in [0.1, 0.15) is 11.9 Å². The summed E-state index contributed by atoms with van der Waals surface area (Å²) in [6, 6.07) is 4.97. The summed E-state index contributed by atoms with van der Waals surface area (Å²) in [6.07, 6.45) is 1.37. The molecule has 3 amide bonds. The maximum atomic E-state index is 12.9. The highest BCUT2D eigenvalue weighted by Gasteiger charge is 2.33. The van der Waals surface area contributed by atoms with Crippen LogP contribution in [0.4, 0.5) is 14.9 Å². The molecule has 21 heavy (non-hydrogen) atoms. The van der Waals surface area contributed by atoms with Crippen LogP contribution in [0.15, 0.2) is 24.3 Å². The minimum atomic E-state index is -0.529. The quantitative estimate of drug-likeness (QED) is 0.892. The number of hydrogen-bond donors (Lipinski definition) is 2. The van der Waals surface area contributed by atoms with Crippen LogP contribution in [0.25, 0.3) is 0 Å². The molecule has 2 rings (SSSR count). The van der Waals surface area contributed by atoms with Crippen molar-refractivity contribution in [2.75, 3.05) is 11.4 Å². The predicted molar refractivity (Wildman–Crippen MR) is 78.6 cm³/mol. The third-order valence-electron chi connectivity index (χ3n) is 3.64. The Morgan fingerprint density at radius 3 is 2.71 bits per heavy atom. The molecule has 2 atom stereocenters. The van der Waals surface area contributed by atoms with Gasteiger partial charge in [0, 0.05) is 18.3 Å². The van der Waals surface area contributed by atoms with Crippen LogP contribution in [-0.2, 0) is 4.79 Å². The molecule has 5 nitrogen and oxygen atoms in total. The van der Waals surface area contributed by atoms with E-state index in [1.54, 1.807) is 17.0 Å². The maximum absolute atomic E-state index is 12.9. The standard InChI is InChI=1S/C15H20FN3O2/c1-3-10(2)17-15(21)18-13-8-9-19(14(13)20)12-6-4-11(16)5-7-12/h4-7,10,13H,3,8-9H2,1-2H3,(H2,17,18,21)/t10-,13+/m0/s1. The molecule has 1 heterocycles. The Kier molecular flexibility index (Phi) is 4.77. The topological polar surface area (TPSA) is 61.4 Å². The normalized spacial score (nSPS) is 19.5. The maximum Gasteiger partial charge on any atom is 0.315 e. The zero-order valence-corrected chi connectivity index (χ0v) is 12.2. The smallest absolute Gasteiger partial charge is 0.315 e. The van der Waals surface area contributed by atoms with Gasteiger partial charge in [0.15, 0.2) is 0 Å². The van der Waals surface area contributed by atoms with E-state index in [0.29, 0.717) is 18.7 Å². The molecule has 2 N–H and O–H groups in total. The summed E-state index contributed by atoms with van der Waals surface area (Å²) >= 11 is 0. The van der Waals surface area contributed by atoms with Gasteiger partial charge in [-0.15, -0.1) is 0 Å². The van der Waals surface area contributed by atoms with Crippen LogP contribution in [-0.4, -0.2) is 30.6 Å². The van der Waals surface area contributed by atoms with Gasteiger partial charge in [-0.3, -0.25) is 4.79 Å². The molecule has 0 radical (unpaired) electrons. The van der Waals surface area contributed by atoms with E-state index in [9.17, 15) is 14.0 Å². The van der Waals surface area contributed by atoms with Crippen LogP contribution < -0.4 is 15.5 Å². The average molecular weight is 293 g/mol. The monoisotopic (exact) mass is 293 g/mol. The first-order valence-electron chi connectivity index (χ1n) is 7.15. The molecule has 1 aliphatic heterocycles. The molecule has 0 aromatic heterocycles. The molecular weight excluding hydrogens is 273 g/mol. The summed E-state index contributed by atoms with van der Waals surface area (Å²) in [6.45, 7) is 4.39. The second-order valence-electron chi connectivity index (χ2n) is 5.23. The SMILES string of the molecule is CC[C@H](C)NC(=O)N[C@@H]1CCN(c2ccc(F)cc2)C1=O. The Morgan fingerprint density at radius 1 is 1.43 bits per heavy atom. The van der Waals surface area contributed by atoms with Gasteiger partial charge in [-0.1, -0.05) is 6.92 Å². The summed E-state index contributed by atoms with van der Waals surface area (Å²) in [5, 5.41) is 5.46. The number of urea groups is 1. The number of carbonyl (C=O) groups excluding carboxylic acids is 2. The number of amides is 3. The number of benzene rings is 1. The highest BCUT2D eigenvalue weighted by Crippen LogP contribution is 2.21. The van der Waals surface area contributed by atoms with E-state index >= 15 is 0 Å². The Morgan fingerprint density at radius 2 is 2.10 bits per heavy atom. The van der Waals surface area contributed by atoms with Crippen molar-refractivity contribution >= 4 is 17.6 Å². The Labute approximate surface area is 123 Å². The van der Waals surface area contributed by atoms with Gasteiger partial charge in [0.2, 0.25) is 5.91 Å². The summed E-state index contributed by atoms with van der Waals surface area (Å²) in [5.74, 6) is -0.506. The third-order valence-corrected chi connectivity index (χ3v) is 3.64. The second-order valence-corrected chi connectivity index (χ2v) is 5.23. The fourth-order valence-corrected chi connectivity index (χ4v) is 2.22. The van der Waals surface area contributed by atoms with E-state index in [1.807, 2.05) is 13.8 Å². The number of anilines is 1. The first-order chi connectivity index (χ1) is 10.0. The molecule has 1 saturated heterocycles. The van der Waals surface area contributed by atoms with Crippen molar-refractivity contribution in [2.24, 2.45) is 0 Å². The highest BCUT2D eigenvalue weighted by atomic mass is 19.1. The summed E-state index contributed by atoms with van der Waals surface area (Å²) in [4.78, 5) is 25.6. The Balaban J connectivity index is 1.95. The predicted octanol–water partition coefficient (Wildman–Crippen LogP) is 2.03. The Bertz CT molecular complexity index is 518. The third kappa shape index (κ3) is 3.71. The Hall–Kier alpha value is -2.11. The van der Waals surface area contributed by atoms with Crippen molar-refractivity contribution in [1.29, 1.82) is 0 Å². The van der Waals surface area contributed by atoms with Crippen LogP contribution in [0, 0.1) is 5.82 Å². The van der Waals surface area contributed by atoms with Crippen molar-refractivity contribution in [3.05, 3.63) is 30.1 Å². The van der Waals surface area contributed by atoms with E-state index in [1.165, 1.54) is 12.1 Å². The molecule has 0 saturated carbocycles. The van der Waals surface area contributed by atoms with Crippen molar-refractivity contribution in [2.45, 2.75) is 38.8 Å². The van der Waals surface area contributed by atoms with Gasteiger partial charge in [0.25, 0.3) is 0 Å². The van der Waals surface area contributed by atoms with Gasteiger partial charge in [0.05, 0.1) is 0 Å². The van der Waals surface area contributed by atoms with Crippen molar-refractivity contribution in [3.63, 3.8) is 0 Å². The molecule has 0 unspecified atom stereocenters. The number of rotatable bonds is 4. The molecule has 0 bridgehead atoms. The minimum Gasteiger partial charge on any atom is -0.336 e. The van der Waals surface area contributed by atoms with Gasteiger partial charge in [-0.25, -0.2) is 9.18 Å². The molecule has 114 valence electrons. The molecule has 0 aliphatic carbocycles. The first kappa shape index (κ1) is 15.3. The fraction of sp³-hybridized carbons (Fsp3) is 0.467. The van der Waals surface area contributed by atoms with Crippen LogP contribution in [0.5, 0.6) is 0 Å². The number of hydrogen-bond acceptors (Lipinski definition) is 2. The van der Waals surface area contributed by atoms with Gasteiger partial charge < -0.3 is 15.5 Å². The molecule has 1 aromatic carbocycles. The largest absolute Gasteiger partial charge is 0.336 e. The number of nitrogens with zero attached hydrogens (tertiary/aromatic N) is 1. The van der Waals surface area contributed by atoms with Gasteiger partial charge >= 0.3 is 6.03 Å². The number of nitrogens with one attached hydrogen (secondary N) is 2. The van der Waals surface area contributed by atoms with Crippen LogP contribution in [0.3, 0.4) is 0 Å². The average Bonchev–Trinajstić information content (AvgIpc) is 2.81. The summed E-state index contributed by atoms with van der Waals surface area (Å²) in [7, 11) is 0. The lowest BCUT2D eigenvalue weighted by molar-refractivity contribution is -0.118. The summed E-state index contributed by atoms with van der Waals surface area (Å²) < 4.78 is 12.9. The van der Waals surface area contributed by atoms with E-state index in [0.717, 1.165) is 6.42 Å². The van der Waals surface area contributed by atoms with Crippen LogP contribution in [0.1, 0.15) is 26.7 Å². The van der Waals surface area contributed by atoms with Gasteiger partial charge in [-0.2, -0.15) is 0 Å². The molecular formula is C15H20FN3O2. The summed E-state index contributed by atoms with van der Waals surface area (Å²) in [5.41, 5.74) is 0.646. The van der Waals surface area contributed by atoms with Crippen molar-refractivity contribution < 1.29 is 14.0 Å². The lowest BCUT2D eigenvalue weighted by Crippen LogP contribution is -2.48. The van der Waals surface area contributed by atoms with Gasteiger partial charge in [-0.05, 0) is 44.0 Å². The zero-order chi connectivity index (χ0) is 15.4. The van der Waals surface area contributed by atoms with Crippen LogP contribution >= 0.6 is 0 Å². The van der Waals surface area contributed by atoms with E-state index in [-0.39, 0.29) is 23.8 Å². The lowest BCUT2D eigenvalue weighted by Gasteiger charge is -2.18. The first-order valence-corrected chi connectivity index (χ1v) is 7.15. The van der Waals surface area contributed by atoms with E-state index in [4.69, 9.17) is 0 Å². The number of carbonyl (C=O) groups is 2. The van der Waals surface area contributed by atoms with Crippen LogP contribution in [0.2, 0.25) is 0 Å². The molecule has 6 heteroatoms. The molecule has 1 aliphatic rings. The minimum absolute atomic E-state index is 0.0645. The highest BCUT2D eigenvalue weighted by molar-refractivity contribution is 6.01. The molecule has 1 fully saturated rings. The zero-order valence-electron chi connectivity index (χ0n) is 12.2. The molecule has 1 aromatic rings. The van der Waals surface area contributed by atoms with Crippen molar-refractivity contribution in [3.8, 4) is 0 Å². The van der Waals surface area contributed by atoms with E-state index in [2.05, 4.69) is 10.6 Å².